The Morgan fingerprint density at radius 3 is 2.45 bits per heavy atom. The number of hydrogen-bond acceptors (Lipinski definition) is 3. The van der Waals surface area contributed by atoms with Crippen molar-refractivity contribution in [1.82, 2.24) is 4.90 Å². The molecule has 2 rings (SSSR count). The van der Waals surface area contributed by atoms with E-state index in [0.29, 0.717) is 16.1 Å². The molecule has 5 heteroatoms. The van der Waals surface area contributed by atoms with Crippen molar-refractivity contribution in [3.8, 4) is 0 Å². The monoisotopic (exact) mass is 315 g/mol. The first-order chi connectivity index (χ1) is 9.56. The van der Waals surface area contributed by atoms with Gasteiger partial charge in [-0.2, -0.15) is 0 Å². The van der Waals surface area contributed by atoms with Gasteiger partial charge in [-0.25, -0.2) is 0 Å². The molecule has 1 unspecified atom stereocenters. The standard InChI is InChI=1S/C15H23Cl2N3/c1-12(18)3-2-6-19-7-9-20(10-8-19)13-4-5-14(16)15(17)11-13/h4-5,11-12H,2-3,6-10,18H2,1H3. The van der Waals surface area contributed by atoms with E-state index >= 15 is 0 Å². The molecule has 112 valence electrons. The van der Waals surface area contributed by atoms with E-state index in [1.807, 2.05) is 18.2 Å². The van der Waals surface area contributed by atoms with Gasteiger partial charge in [-0.15, -0.1) is 0 Å². The van der Waals surface area contributed by atoms with Gasteiger partial charge >= 0.3 is 0 Å². The Morgan fingerprint density at radius 1 is 1.15 bits per heavy atom. The van der Waals surface area contributed by atoms with E-state index in [1.165, 1.54) is 6.42 Å². The highest BCUT2D eigenvalue weighted by Crippen LogP contribution is 2.27. The van der Waals surface area contributed by atoms with Gasteiger partial charge in [0.2, 0.25) is 0 Å². The van der Waals surface area contributed by atoms with Crippen LogP contribution in [0.5, 0.6) is 0 Å². The molecule has 2 N–H and O–H groups in total. The Balaban J connectivity index is 1.80. The van der Waals surface area contributed by atoms with Crippen molar-refractivity contribution in [3.63, 3.8) is 0 Å². The second-order valence-electron chi connectivity index (χ2n) is 5.55. The molecule has 1 aliphatic rings. The number of piperazine rings is 1. The third-order valence-corrected chi connectivity index (χ3v) is 4.51. The normalized spacial score (nSPS) is 18.3. The van der Waals surface area contributed by atoms with E-state index in [-0.39, 0.29) is 0 Å². The summed E-state index contributed by atoms with van der Waals surface area (Å²) in [4.78, 5) is 4.88. The molecule has 0 saturated carbocycles. The lowest BCUT2D eigenvalue weighted by Gasteiger charge is -2.36. The van der Waals surface area contributed by atoms with E-state index < -0.39 is 0 Å². The van der Waals surface area contributed by atoms with Crippen molar-refractivity contribution >= 4 is 28.9 Å². The topological polar surface area (TPSA) is 32.5 Å². The van der Waals surface area contributed by atoms with Crippen LogP contribution in [-0.2, 0) is 0 Å². The minimum absolute atomic E-state index is 0.312. The third-order valence-electron chi connectivity index (χ3n) is 3.77. The quantitative estimate of drug-likeness (QED) is 0.905. The lowest BCUT2D eigenvalue weighted by Crippen LogP contribution is -2.46. The molecule has 0 amide bonds. The van der Waals surface area contributed by atoms with Gasteiger partial charge in [0.15, 0.2) is 0 Å². The van der Waals surface area contributed by atoms with Gasteiger partial charge in [-0.3, -0.25) is 4.90 Å². The summed E-state index contributed by atoms with van der Waals surface area (Å²) >= 11 is 12.0. The largest absolute Gasteiger partial charge is 0.369 e. The molecule has 1 fully saturated rings. The molecule has 1 aliphatic heterocycles. The molecule has 0 bridgehead atoms. The molecule has 1 aromatic rings. The fraction of sp³-hybridized carbons (Fsp3) is 0.600. The number of rotatable bonds is 5. The van der Waals surface area contributed by atoms with Crippen LogP contribution >= 0.6 is 23.2 Å². The Hall–Kier alpha value is -0.480. The first-order valence-electron chi connectivity index (χ1n) is 7.24. The van der Waals surface area contributed by atoms with Crippen LogP contribution in [0.4, 0.5) is 5.69 Å². The average molecular weight is 316 g/mol. The van der Waals surface area contributed by atoms with E-state index in [1.54, 1.807) is 0 Å². The molecule has 1 heterocycles. The van der Waals surface area contributed by atoms with Gasteiger partial charge in [0.1, 0.15) is 0 Å². The maximum Gasteiger partial charge on any atom is 0.0612 e. The molecule has 0 radical (unpaired) electrons. The maximum absolute atomic E-state index is 6.08. The van der Waals surface area contributed by atoms with E-state index in [4.69, 9.17) is 28.9 Å². The summed E-state index contributed by atoms with van der Waals surface area (Å²) in [5, 5.41) is 1.24. The molecule has 0 aromatic heterocycles. The Labute approximate surface area is 131 Å². The summed E-state index contributed by atoms with van der Waals surface area (Å²) in [6.45, 7) is 7.49. The number of nitrogens with zero attached hydrogens (tertiary/aromatic N) is 2. The predicted octanol–water partition coefficient (Wildman–Crippen LogP) is 3.24. The lowest BCUT2D eigenvalue weighted by atomic mass is 10.2. The van der Waals surface area contributed by atoms with Crippen LogP contribution < -0.4 is 10.6 Å². The van der Waals surface area contributed by atoms with Crippen LogP contribution in [0.1, 0.15) is 19.8 Å². The zero-order chi connectivity index (χ0) is 14.5. The third kappa shape index (κ3) is 4.52. The van der Waals surface area contributed by atoms with E-state index in [0.717, 1.165) is 44.8 Å². The molecular formula is C15H23Cl2N3. The zero-order valence-corrected chi connectivity index (χ0v) is 13.5. The Bertz CT molecular complexity index is 429. The molecular weight excluding hydrogens is 293 g/mol. The second-order valence-corrected chi connectivity index (χ2v) is 6.36. The second kappa shape index (κ2) is 7.51. The predicted molar refractivity (Wildman–Crippen MR) is 88.0 cm³/mol. The van der Waals surface area contributed by atoms with Crippen molar-refractivity contribution in [2.45, 2.75) is 25.8 Å². The zero-order valence-electron chi connectivity index (χ0n) is 12.0. The smallest absolute Gasteiger partial charge is 0.0612 e. The summed E-state index contributed by atoms with van der Waals surface area (Å²) in [6, 6.07) is 6.18. The number of hydrogen-bond donors (Lipinski definition) is 1. The fourth-order valence-electron chi connectivity index (χ4n) is 2.55. The van der Waals surface area contributed by atoms with Gasteiger partial charge in [0, 0.05) is 37.9 Å². The number of nitrogens with two attached hydrogens (primary N) is 1. The van der Waals surface area contributed by atoms with Crippen LogP contribution in [0.2, 0.25) is 10.0 Å². The molecule has 0 aliphatic carbocycles. The van der Waals surface area contributed by atoms with Gasteiger partial charge in [0.25, 0.3) is 0 Å². The molecule has 1 aromatic carbocycles. The number of anilines is 1. The summed E-state index contributed by atoms with van der Waals surface area (Å²) in [6.07, 6.45) is 2.29. The van der Waals surface area contributed by atoms with Gasteiger partial charge < -0.3 is 10.6 Å². The van der Waals surface area contributed by atoms with E-state index in [2.05, 4.69) is 16.7 Å². The van der Waals surface area contributed by atoms with Gasteiger partial charge in [-0.05, 0) is 44.5 Å². The SMILES string of the molecule is CC(N)CCCN1CCN(c2ccc(Cl)c(Cl)c2)CC1. The van der Waals surface area contributed by atoms with Crippen molar-refractivity contribution in [3.05, 3.63) is 28.2 Å². The highest BCUT2D eigenvalue weighted by atomic mass is 35.5. The number of benzene rings is 1. The minimum atomic E-state index is 0.312. The van der Waals surface area contributed by atoms with Crippen LogP contribution in [0, 0.1) is 0 Å². The van der Waals surface area contributed by atoms with Crippen molar-refractivity contribution in [1.29, 1.82) is 0 Å². The molecule has 20 heavy (non-hydrogen) atoms. The maximum atomic E-state index is 6.08. The highest BCUT2D eigenvalue weighted by Gasteiger charge is 2.17. The first-order valence-corrected chi connectivity index (χ1v) is 8.00. The van der Waals surface area contributed by atoms with Crippen LogP contribution in [0.25, 0.3) is 0 Å². The lowest BCUT2D eigenvalue weighted by molar-refractivity contribution is 0.251. The van der Waals surface area contributed by atoms with Crippen molar-refractivity contribution in [2.24, 2.45) is 5.73 Å². The van der Waals surface area contributed by atoms with Crippen LogP contribution in [0.3, 0.4) is 0 Å². The van der Waals surface area contributed by atoms with Gasteiger partial charge in [-0.1, -0.05) is 23.2 Å². The molecule has 0 spiro atoms. The van der Waals surface area contributed by atoms with E-state index in [9.17, 15) is 0 Å². The fourth-order valence-corrected chi connectivity index (χ4v) is 2.84. The highest BCUT2D eigenvalue weighted by molar-refractivity contribution is 6.42. The molecule has 3 nitrogen and oxygen atoms in total. The van der Waals surface area contributed by atoms with Gasteiger partial charge in [0.05, 0.1) is 10.0 Å². The van der Waals surface area contributed by atoms with Crippen LogP contribution in [0.15, 0.2) is 18.2 Å². The molecule has 1 atom stereocenters. The summed E-state index contributed by atoms with van der Waals surface area (Å²) < 4.78 is 0. The Morgan fingerprint density at radius 2 is 1.85 bits per heavy atom. The summed E-state index contributed by atoms with van der Waals surface area (Å²) in [5.74, 6) is 0. The summed E-state index contributed by atoms with van der Waals surface area (Å²) in [7, 11) is 0. The summed E-state index contributed by atoms with van der Waals surface area (Å²) in [5.41, 5.74) is 6.94. The Kier molecular flexibility index (Phi) is 5.97. The number of halogens is 2. The van der Waals surface area contributed by atoms with Crippen LogP contribution in [-0.4, -0.2) is 43.7 Å². The minimum Gasteiger partial charge on any atom is -0.369 e. The molecule has 1 saturated heterocycles. The average Bonchev–Trinajstić information content (AvgIpc) is 2.42. The first kappa shape index (κ1) is 15.9. The van der Waals surface area contributed by atoms with Crippen molar-refractivity contribution < 1.29 is 0 Å². The van der Waals surface area contributed by atoms with Crippen molar-refractivity contribution in [2.75, 3.05) is 37.6 Å².